The van der Waals surface area contributed by atoms with Crippen LogP contribution < -0.4 is 11.1 Å². The Hall–Kier alpha value is -1.36. The first-order valence-corrected chi connectivity index (χ1v) is 6.55. The smallest absolute Gasteiger partial charge is 0.318 e. The van der Waals surface area contributed by atoms with E-state index in [1.165, 1.54) is 0 Å². The van der Waals surface area contributed by atoms with Gasteiger partial charge in [0.15, 0.2) is 0 Å². The number of hydrogen-bond acceptors (Lipinski definition) is 2. The molecule has 4 nitrogen and oxygen atoms in total. The SMILES string of the molecule is CCC(Br)(CC)C(=O)NC(N)=O.c1ccccc1. The second-order valence-corrected chi connectivity index (χ2v) is 5.16. The van der Waals surface area contributed by atoms with E-state index in [9.17, 15) is 9.59 Å². The predicted octanol–water partition coefficient (Wildman–Crippen LogP) is 2.82. The summed E-state index contributed by atoms with van der Waals surface area (Å²) < 4.78 is -0.665. The molecule has 0 heterocycles. The lowest BCUT2D eigenvalue weighted by Crippen LogP contribution is -2.46. The highest BCUT2D eigenvalue weighted by Crippen LogP contribution is 2.26. The van der Waals surface area contributed by atoms with Gasteiger partial charge in [-0.05, 0) is 12.8 Å². The lowest BCUT2D eigenvalue weighted by molar-refractivity contribution is -0.122. The zero-order valence-corrected chi connectivity index (χ0v) is 12.2. The molecule has 0 aliphatic rings. The molecule has 1 aromatic carbocycles. The molecule has 0 aliphatic heterocycles. The molecule has 100 valence electrons. The largest absolute Gasteiger partial charge is 0.351 e. The van der Waals surface area contributed by atoms with Crippen molar-refractivity contribution < 1.29 is 9.59 Å². The van der Waals surface area contributed by atoms with E-state index in [2.05, 4.69) is 15.9 Å². The Morgan fingerprint density at radius 1 is 1.06 bits per heavy atom. The number of amides is 3. The number of urea groups is 1. The van der Waals surface area contributed by atoms with Crippen LogP contribution in [0.5, 0.6) is 0 Å². The van der Waals surface area contributed by atoms with E-state index in [0.29, 0.717) is 12.8 Å². The minimum Gasteiger partial charge on any atom is -0.351 e. The summed E-state index contributed by atoms with van der Waals surface area (Å²) in [7, 11) is 0. The van der Waals surface area contributed by atoms with E-state index in [4.69, 9.17) is 5.73 Å². The summed E-state index contributed by atoms with van der Waals surface area (Å²) in [5.41, 5.74) is 4.81. The number of nitrogens with one attached hydrogen (secondary N) is 1. The molecule has 1 aromatic rings. The third kappa shape index (κ3) is 6.39. The molecule has 0 saturated heterocycles. The molecule has 0 radical (unpaired) electrons. The molecule has 0 unspecified atom stereocenters. The van der Waals surface area contributed by atoms with Crippen LogP contribution in [0.3, 0.4) is 0 Å². The van der Waals surface area contributed by atoms with Gasteiger partial charge in [0, 0.05) is 0 Å². The van der Waals surface area contributed by atoms with Crippen molar-refractivity contribution in [3.05, 3.63) is 36.4 Å². The number of rotatable bonds is 3. The van der Waals surface area contributed by atoms with Gasteiger partial charge in [-0.2, -0.15) is 0 Å². The van der Waals surface area contributed by atoms with Crippen LogP contribution in [0.4, 0.5) is 4.79 Å². The first-order chi connectivity index (χ1) is 8.46. The monoisotopic (exact) mass is 314 g/mol. The summed E-state index contributed by atoms with van der Waals surface area (Å²) in [5.74, 6) is -0.375. The van der Waals surface area contributed by atoms with Crippen molar-refractivity contribution in [3.8, 4) is 0 Å². The number of hydrogen-bond donors (Lipinski definition) is 2. The zero-order chi connectivity index (χ0) is 14.0. The Labute approximate surface area is 116 Å². The average Bonchev–Trinajstić information content (AvgIpc) is 2.39. The molecular formula is C13H19BrN2O2. The van der Waals surface area contributed by atoms with Gasteiger partial charge in [-0.25, -0.2) is 4.79 Å². The highest BCUT2D eigenvalue weighted by atomic mass is 79.9. The minimum absolute atomic E-state index is 0.375. The van der Waals surface area contributed by atoms with Crippen LogP contribution in [0, 0.1) is 0 Å². The standard InChI is InChI=1S/C7H13BrN2O2.C6H6/c1-3-7(8,4-2)5(11)10-6(9)12;1-2-4-6-5-3-1/h3-4H2,1-2H3,(H3,9,10,11,12);1-6H. The van der Waals surface area contributed by atoms with E-state index in [0.717, 1.165) is 0 Å². The Kier molecular flexibility index (Phi) is 8.03. The predicted molar refractivity (Wildman–Crippen MR) is 76.4 cm³/mol. The molecular weight excluding hydrogens is 296 g/mol. The Bertz CT molecular complexity index is 338. The number of benzene rings is 1. The van der Waals surface area contributed by atoms with Crippen LogP contribution in [0.25, 0.3) is 0 Å². The quantitative estimate of drug-likeness (QED) is 0.842. The lowest BCUT2D eigenvalue weighted by atomic mass is 10.0. The van der Waals surface area contributed by atoms with Crippen LogP contribution in [0.15, 0.2) is 36.4 Å². The van der Waals surface area contributed by atoms with E-state index >= 15 is 0 Å². The Morgan fingerprint density at radius 3 is 1.61 bits per heavy atom. The molecule has 0 fully saturated rings. The maximum Gasteiger partial charge on any atom is 0.318 e. The number of carbonyl (C=O) groups excluding carboxylic acids is 2. The van der Waals surface area contributed by atoms with Crippen LogP contribution in [0.2, 0.25) is 0 Å². The lowest BCUT2D eigenvalue weighted by Gasteiger charge is -2.21. The molecule has 0 aromatic heterocycles. The average molecular weight is 315 g/mol. The first kappa shape index (κ1) is 16.6. The fraction of sp³-hybridized carbons (Fsp3) is 0.385. The van der Waals surface area contributed by atoms with E-state index in [-0.39, 0.29) is 5.91 Å². The summed E-state index contributed by atoms with van der Waals surface area (Å²) >= 11 is 3.26. The zero-order valence-electron chi connectivity index (χ0n) is 10.7. The second-order valence-electron chi connectivity index (χ2n) is 3.65. The van der Waals surface area contributed by atoms with Crippen LogP contribution in [-0.4, -0.2) is 16.3 Å². The molecule has 5 heteroatoms. The number of carbonyl (C=O) groups is 2. The maximum atomic E-state index is 11.3. The van der Waals surface area contributed by atoms with E-state index in [1.54, 1.807) is 0 Å². The van der Waals surface area contributed by atoms with Gasteiger partial charge in [0.1, 0.15) is 4.32 Å². The van der Waals surface area contributed by atoms with Crippen LogP contribution >= 0.6 is 15.9 Å². The fourth-order valence-electron chi connectivity index (χ4n) is 1.18. The minimum atomic E-state index is -0.814. The number of halogens is 1. The van der Waals surface area contributed by atoms with E-state index < -0.39 is 10.4 Å². The van der Waals surface area contributed by atoms with Gasteiger partial charge >= 0.3 is 6.03 Å². The van der Waals surface area contributed by atoms with Gasteiger partial charge in [0.25, 0.3) is 0 Å². The normalized spacial score (nSPS) is 9.94. The summed E-state index contributed by atoms with van der Waals surface area (Å²) in [5, 5.41) is 2.04. The van der Waals surface area contributed by atoms with Crippen molar-refractivity contribution in [2.24, 2.45) is 5.73 Å². The van der Waals surface area contributed by atoms with Crippen molar-refractivity contribution >= 4 is 27.9 Å². The first-order valence-electron chi connectivity index (χ1n) is 5.76. The molecule has 0 saturated carbocycles. The van der Waals surface area contributed by atoms with Gasteiger partial charge in [-0.3, -0.25) is 10.1 Å². The van der Waals surface area contributed by atoms with Crippen molar-refractivity contribution in [1.29, 1.82) is 0 Å². The van der Waals surface area contributed by atoms with Crippen molar-refractivity contribution in [2.45, 2.75) is 31.0 Å². The molecule has 3 amide bonds. The van der Waals surface area contributed by atoms with Gasteiger partial charge < -0.3 is 5.73 Å². The third-order valence-corrected chi connectivity index (χ3v) is 3.91. The second kappa shape index (κ2) is 8.69. The number of primary amides is 1. The van der Waals surface area contributed by atoms with Gasteiger partial charge in [0.2, 0.25) is 5.91 Å². The van der Waals surface area contributed by atoms with Crippen molar-refractivity contribution in [1.82, 2.24) is 5.32 Å². The molecule has 1 rings (SSSR count). The van der Waals surface area contributed by atoms with Gasteiger partial charge in [-0.15, -0.1) is 0 Å². The topological polar surface area (TPSA) is 72.2 Å². The summed E-state index contributed by atoms with van der Waals surface area (Å²) in [6, 6.07) is 11.2. The maximum absolute atomic E-state index is 11.3. The van der Waals surface area contributed by atoms with Crippen molar-refractivity contribution in [3.63, 3.8) is 0 Å². The molecule has 0 atom stereocenters. The molecule has 3 N–H and O–H groups in total. The molecule has 18 heavy (non-hydrogen) atoms. The van der Waals surface area contributed by atoms with Gasteiger partial charge in [0.05, 0.1) is 0 Å². The fourth-order valence-corrected chi connectivity index (χ4v) is 1.28. The number of imide groups is 1. The van der Waals surface area contributed by atoms with Crippen molar-refractivity contribution in [2.75, 3.05) is 0 Å². The van der Waals surface area contributed by atoms with Crippen LogP contribution in [0.1, 0.15) is 26.7 Å². The third-order valence-electron chi connectivity index (χ3n) is 2.43. The summed E-state index contributed by atoms with van der Waals surface area (Å²) in [6.45, 7) is 3.72. The van der Waals surface area contributed by atoms with Gasteiger partial charge in [-0.1, -0.05) is 66.2 Å². The molecule has 0 bridgehead atoms. The van der Waals surface area contributed by atoms with Crippen LogP contribution in [-0.2, 0) is 4.79 Å². The summed E-state index contributed by atoms with van der Waals surface area (Å²) in [6.07, 6.45) is 1.23. The highest BCUT2D eigenvalue weighted by Gasteiger charge is 2.32. The Morgan fingerprint density at radius 2 is 1.39 bits per heavy atom. The highest BCUT2D eigenvalue weighted by molar-refractivity contribution is 9.10. The number of alkyl halides is 1. The molecule has 0 spiro atoms. The van der Waals surface area contributed by atoms with E-state index in [1.807, 2.05) is 55.6 Å². The molecule has 0 aliphatic carbocycles. The number of nitrogens with two attached hydrogens (primary N) is 1. The Balaban J connectivity index is 0.000000397. The summed E-state index contributed by atoms with van der Waals surface area (Å²) in [4.78, 5) is 21.6.